The molecule has 0 atom stereocenters. The maximum atomic E-state index is 12.3. The van der Waals surface area contributed by atoms with Crippen molar-refractivity contribution in [3.05, 3.63) is 40.6 Å². The molecular weight excluding hydrogens is 316 g/mol. The first-order valence-electron chi connectivity index (χ1n) is 5.42. The van der Waals surface area contributed by atoms with Gasteiger partial charge in [0.05, 0.1) is 10.4 Å². The quantitative estimate of drug-likeness (QED) is 0.388. The Morgan fingerprint density at radius 3 is 2.79 bits per heavy atom. The summed E-state index contributed by atoms with van der Waals surface area (Å²) in [5.74, 6) is 0. The molecule has 2 aliphatic rings. The molecule has 1 aliphatic heterocycles. The van der Waals surface area contributed by atoms with E-state index < -0.39 is 0 Å². The Kier molecular flexibility index (Phi) is 2.66. The standard InChI is InChI=1S/C12H5N2OS4/c15-10-8-11(16-18-13-8)7(6-4-2-1-3-5-6)12-9(10)14-19-17-12/h1-5H/q+1. The normalized spacial score (nSPS) is 11.4. The molecule has 0 spiro atoms. The minimum absolute atomic E-state index is 0.0420. The van der Waals surface area contributed by atoms with Crippen molar-refractivity contribution in [3.8, 4) is 21.7 Å². The summed E-state index contributed by atoms with van der Waals surface area (Å²) in [5.41, 5.74) is 3.28. The van der Waals surface area contributed by atoms with E-state index in [4.69, 9.17) is 0 Å². The average molecular weight is 321 g/mol. The van der Waals surface area contributed by atoms with Crippen molar-refractivity contribution in [3.63, 3.8) is 0 Å². The molecule has 7 heteroatoms. The summed E-state index contributed by atoms with van der Waals surface area (Å²) in [6.07, 6.45) is 0. The zero-order valence-corrected chi connectivity index (χ0v) is 12.6. The molecule has 2 heterocycles. The van der Waals surface area contributed by atoms with Crippen LogP contribution in [0.15, 0.2) is 35.1 Å². The molecule has 0 radical (unpaired) electrons. The molecule has 0 N–H and O–H groups in total. The van der Waals surface area contributed by atoms with Crippen LogP contribution in [0.5, 0.6) is 0 Å². The number of rotatable bonds is 1. The highest BCUT2D eigenvalue weighted by molar-refractivity contribution is 7.70. The number of hydrogen-bond acceptors (Lipinski definition) is 6. The highest BCUT2D eigenvalue weighted by Gasteiger charge is 2.29. The van der Waals surface area contributed by atoms with Crippen molar-refractivity contribution < 1.29 is 0 Å². The zero-order valence-electron chi connectivity index (χ0n) is 9.32. The molecule has 4 rings (SSSR count). The highest BCUT2D eigenvalue weighted by atomic mass is 32.9. The van der Waals surface area contributed by atoms with Crippen LogP contribution >= 0.6 is 41.8 Å². The maximum absolute atomic E-state index is 12.3. The first-order valence-corrected chi connectivity index (χ1v) is 9.63. The van der Waals surface area contributed by atoms with Crippen LogP contribution in [-0.2, 0) is 0 Å². The van der Waals surface area contributed by atoms with Gasteiger partial charge in [-0.1, -0.05) is 40.7 Å². The van der Waals surface area contributed by atoms with Crippen LogP contribution in [0.25, 0.3) is 31.9 Å². The molecule has 0 unspecified atom stereocenters. The molecule has 19 heavy (non-hydrogen) atoms. The maximum Gasteiger partial charge on any atom is 0.324 e. The van der Waals surface area contributed by atoms with E-state index in [-0.39, 0.29) is 5.43 Å². The molecule has 0 fully saturated rings. The number of benzene rings is 2. The van der Waals surface area contributed by atoms with E-state index >= 15 is 0 Å². The SMILES string of the molecule is O=c1c2nssc-2c(-c2ccccc2)c2[s+]snc12. The van der Waals surface area contributed by atoms with E-state index in [2.05, 4.69) is 20.9 Å². The molecule has 0 saturated heterocycles. The Morgan fingerprint density at radius 1 is 1.11 bits per heavy atom. The van der Waals surface area contributed by atoms with Gasteiger partial charge in [0, 0.05) is 10.5 Å². The third-order valence-electron chi connectivity index (χ3n) is 2.88. The summed E-state index contributed by atoms with van der Waals surface area (Å²) in [6.45, 7) is 0. The van der Waals surface area contributed by atoms with Crippen molar-refractivity contribution in [1.82, 2.24) is 8.75 Å². The van der Waals surface area contributed by atoms with E-state index in [9.17, 15) is 4.79 Å². The number of aromatic nitrogens is 2. The van der Waals surface area contributed by atoms with E-state index in [0.29, 0.717) is 11.2 Å². The molecule has 1 aromatic heterocycles. The zero-order chi connectivity index (χ0) is 12.8. The topological polar surface area (TPSA) is 42.9 Å². The Balaban J connectivity index is 2.25. The van der Waals surface area contributed by atoms with Crippen molar-refractivity contribution >= 4 is 52.0 Å². The molecule has 2 aromatic rings. The third kappa shape index (κ3) is 1.66. The minimum atomic E-state index is -0.0420. The van der Waals surface area contributed by atoms with Gasteiger partial charge in [-0.05, 0) is 5.56 Å². The van der Waals surface area contributed by atoms with E-state index in [1.165, 1.54) is 21.1 Å². The summed E-state index contributed by atoms with van der Waals surface area (Å²) >= 11 is 0. The molecule has 1 aromatic carbocycles. The molecule has 3 nitrogen and oxygen atoms in total. The van der Waals surface area contributed by atoms with Gasteiger partial charge in [-0.25, -0.2) is 0 Å². The van der Waals surface area contributed by atoms with Gasteiger partial charge in [0.25, 0.3) is 15.2 Å². The fraction of sp³-hybridized carbons (Fsp3) is 0. The van der Waals surface area contributed by atoms with Crippen LogP contribution in [0.2, 0.25) is 0 Å². The van der Waals surface area contributed by atoms with Crippen molar-refractivity contribution in [2.24, 2.45) is 0 Å². The monoisotopic (exact) mass is 321 g/mol. The Bertz CT molecular complexity index is 893. The van der Waals surface area contributed by atoms with Crippen LogP contribution in [-0.4, -0.2) is 8.75 Å². The minimum Gasteiger partial charge on any atom is -0.285 e. The van der Waals surface area contributed by atoms with Gasteiger partial charge in [0.1, 0.15) is 5.69 Å². The van der Waals surface area contributed by atoms with Gasteiger partial charge >= 0.3 is 10.3 Å². The third-order valence-corrected chi connectivity index (χ3v) is 6.56. The van der Waals surface area contributed by atoms with Crippen LogP contribution in [0.1, 0.15) is 0 Å². The largest absolute Gasteiger partial charge is 0.324 e. The Hall–Kier alpha value is -1.28. The number of nitrogens with zero attached hydrogens (tertiary/aromatic N) is 2. The second-order valence-electron chi connectivity index (χ2n) is 3.92. The van der Waals surface area contributed by atoms with Gasteiger partial charge < -0.3 is 0 Å². The van der Waals surface area contributed by atoms with Gasteiger partial charge in [0.15, 0.2) is 5.52 Å². The molecule has 0 amide bonds. The molecular formula is C12H5N2OS4+. The van der Waals surface area contributed by atoms with Crippen molar-refractivity contribution in [1.29, 1.82) is 0 Å². The van der Waals surface area contributed by atoms with Gasteiger partial charge in [0.2, 0.25) is 5.43 Å². The lowest BCUT2D eigenvalue weighted by molar-refractivity contribution is 1.47. The highest BCUT2D eigenvalue weighted by Crippen LogP contribution is 2.42. The summed E-state index contributed by atoms with van der Waals surface area (Å²) < 4.78 is 9.48. The summed E-state index contributed by atoms with van der Waals surface area (Å²) in [6, 6.07) is 10.1. The van der Waals surface area contributed by atoms with E-state index in [1.54, 1.807) is 20.7 Å². The van der Waals surface area contributed by atoms with Gasteiger partial charge in [-0.3, -0.25) is 4.79 Å². The van der Waals surface area contributed by atoms with Gasteiger partial charge in [-0.2, -0.15) is 4.37 Å². The second kappa shape index (κ2) is 4.38. The first kappa shape index (κ1) is 11.5. The predicted octanol–water partition coefficient (Wildman–Crippen LogP) is 4.29. The molecule has 92 valence electrons. The Morgan fingerprint density at radius 2 is 1.95 bits per heavy atom. The van der Waals surface area contributed by atoms with Crippen LogP contribution in [0.4, 0.5) is 0 Å². The number of fused-ring (bicyclic) bond motifs is 2. The first-order chi connectivity index (χ1) is 9.36. The predicted molar refractivity (Wildman–Crippen MR) is 83.8 cm³/mol. The lowest BCUT2D eigenvalue weighted by Crippen LogP contribution is -2.06. The van der Waals surface area contributed by atoms with Crippen molar-refractivity contribution in [2.75, 3.05) is 0 Å². The lowest BCUT2D eigenvalue weighted by Gasteiger charge is -2.02. The molecule has 1 aliphatic carbocycles. The summed E-state index contributed by atoms with van der Waals surface area (Å²) in [4.78, 5) is 13.3. The fourth-order valence-corrected chi connectivity index (χ4v) is 6.07. The van der Waals surface area contributed by atoms with Crippen LogP contribution in [0, 0.1) is 0 Å². The Labute approximate surface area is 122 Å². The molecule has 0 saturated carbocycles. The van der Waals surface area contributed by atoms with E-state index in [1.807, 2.05) is 18.2 Å². The fourth-order valence-electron chi connectivity index (χ4n) is 2.04. The number of hydrogen-bond donors (Lipinski definition) is 0. The van der Waals surface area contributed by atoms with Crippen LogP contribution < -0.4 is 5.43 Å². The smallest absolute Gasteiger partial charge is 0.285 e. The average Bonchev–Trinajstić information content (AvgIpc) is 3.09. The summed E-state index contributed by atoms with van der Waals surface area (Å²) in [5, 5.41) is 0. The van der Waals surface area contributed by atoms with Gasteiger partial charge in [-0.15, -0.1) is 4.37 Å². The van der Waals surface area contributed by atoms with E-state index in [0.717, 1.165) is 20.7 Å². The van der Waals surface area contributed by atoms with Crippen molar-refractivity contribution in [2.45, 2.75) is 0 Å². The second-order valence-corrected chi connectivity index (χ2v) is 7.63. The lowest BCUT2D eigenvalue weighted by atomic mass is 10.0. The molecule has 0 bridgehead atoms. The summed E-state index contributed by atoms with van der Waals surface area (Å²) in [7, 11) is 5.83. The van der Waals surface area contributed by atoms with Crippen LogP contribution in [0.3, 0.4) is 0 Å².